The molecular formula is C27H29N3O4S. The number of hydrogen-bond donors (Lipinski definition) is 1. The number of likely N-dealkylation sites (tertiary alicyclic amines) is 1. The minimum Gasteiger partial charge on any atom is -0.493 e. The van der Waals surface area contributed by atoms with Gasteiger partial charge in [-0.15, -0.1) is 11.3 Å². The molecule has 1 N–H and O–H groups in total. The number of carbonyl (C=O) groups is 2. The highest BCUT2D eigenvalue weighted by Crippen LogP contribution is 2.50. The number of thiazole rings is 1. The molecule has 2 aromatic carbocycles. The molecule has 1 saturated heterocycles. The number of aryl methyl sites for hydroxylation is 2. The minimum atomic E-state index is -0.225. The number of hydrogen-bond acceptors (Lipinski definition) is 6. The Kier molecular flexibility index (Phi) is 6.47. The summed E-state index contributed by atoms with van der Waals surface area (Å²) in [5, 5.41) is 3.84. The molecule has 2 aliphatic rings. The number of nitrogens with zero attached hydrogens (tertiary/aromatic N) is 2. The van der Waals surface area contributed by atoms with Crippen molar-refractivity contribution in [3.63, 3.8) is 0 Å². The van der Waals surface area contributed by atoms with Crippen LogP contribution in [0.15, 0.2) is 48.5 Å². The zero-order valence-electron chi connectivity index (χ0n) is 20.1. The normalized spacial score (nSPS) is 20.3. The maximum absolute atomic E-state index is 13.7. The first-order chi connectivity index (χ1) is 16.9. The Morgan fingerprint density at radius 3 is 2.71 bits per heavy atom. The number of rotatable bonds is 8. The van der Waals surface area contributed by atoms with Crippen molar-refractivity contribution in [1.82, 2.24) is 15.2 Å². The molecule has 7 nitrogen and oxygen atoms in total. The predicted molar refractivity (Wildman–Crippen MR) is 135 cm³/mol. The van der Waals surface area contributed by atoms with Gasteiger partial charge in [0.25, 0.3) is 11.8 Å². The largest absolute Gasteiger partial charge is 0.493 e. The lowest BCUT2D eigenvalue weighted by Crippen LogP contribution is -2.46. The molecule has 0 unspecified atom stereocenters. The third-order valence-corrected chi connectivity index (χ3v) is 7.74. The lowest BCUT2D eigenvalue weighted by atomic mass is 10.1. The molecule has 8 heteroatoms. The number of amides is 2. The van der Waals surface area contributed by atoms with E-state index in [0.717, 1.165) is 27.4 Å². The fourth-order valence-corrected chi connectivity index (χ4v) is 5.81. The van der Waals surface area contributed by atoms with Crippen LogP contribution in [-0.4, -0.2) is 54.5 Å². The average Bonchev–Trinajstić information content (AvgIpc) is 3.37. The fraction of sp³-hybridized carbons (Fsp3) is 0.370. The van der Waals surface area contributed by atoms with E-state index < -0.39 is 0 Å². The van der Waals surface area contributed by atoms with E-state index >= 15 is 0 Å². The summed E-state index contributed by atoms with van der Waals surface area (Å²) in [6.07, 6.45) is 1.10. The van der Waals surface area contributed by atoms with E-state index in [0.29, 0.717) is 42.1 Å². The van der Waals surface area contributed by atoms with Crippen molar-refractivity contribution < 1.29 is 19.1 Å². The Morgan fingerprint density at radius 2 is 1.94 bits per heavy atom. The number of ether oxygens (including phenoxy) is 2. The molecule has 0 bridgehead atoms. The molecule has 1 saturated carbocycles. The van der Waals surface area contributed by atoms with Gasteiger partial charge in [-0.05, 0) is 49.8 Å². The maximum atomic E-state index is 13.7. The van der Waals surface area contributed by atoms with Crippen molar-refractivity contribution in [3.05, 3.63) is 64.8 Å². The standard InChI is InChI=1S/C27H29N3O4S/c1-16-7-6-8-18(11-16)26-25(29-17(2)35-26)27(32)30-14-19-12-20(19)21(30)13-28-24(31)15-34-23-10-5-4-9-22(23)33-3/h4-11,19-21H,12-15H2,1-3H3,(H,28,31)/t19-,20-,21-/m1/s1. The summed E-state index contributed by atoms with van der Waals surface area (Å²) in [4.78, 5) is 33.6. The van der Waals surface area contributed by atoms with Gasteiger partial charge in [-0.1, -0.05) is 42.0 Å². The zero-order valence-corrected chi connectivity index (χ0v) is 20.9. The van der Waals surface area contributed by atoms with Crippen molar-refractivity contribution in [2.24, 2.45) is 11.8 Å². The Balaban J connectivity index is 1.25. The topological polar surface area (TPSA) is 80.8 Å². The molecule has 2 fully saturated rings. The van der Waals surface area contributed by atoms with Gasteiger partial charge in [-0.3, -0.25) is 9.59 Å². The first-order valence-corrected chi connectivity index (χ1v) is 12.6. The van der Waals surface area contributed by atoms with Gasteiger partial charge in [-0.25, -0.2) is 4.98 Å². The summed E-state index contributed by atoms with van der Waals surface area (Å²) in [6, 6.07) is 15.4. The number of piperidine rings is 1. The van der Waals surface area contributed by atoms with Crippen molar-refractivity contribution in [2.45, 2.75) is 26.3 Å². The molecular weight excluding hydrogens is 462 g/mol. The van der Waals surface area contributed by atoms with Crippen LogP contribution in [-0.2, 0) is 4.79 Å². The van der Waals surface area contributed by atoms with Crippen LogP contribution in [0.2, 0.25) is 0 Å². The summed E-state index contributed by atoms with van der Waals surface area (Å²) in [5.41, 5.74) is 2.67. The van der Waals surface area contributed by atoms with Crippen LogP contribution in [0.3, 0.4) is 0 Å². The molecule has 2 heterocycles. The first-order valence-electron chi connectivity index (χ1n) is 11.8. The molecule has 1 aliphatic heterocycles. The van der Waals surface area contributed by atoms with Crippen LogP contribution in [0.5, 0.6) is 11.5 Å². The van der Waals surface area contributed by atoms with E-state index in [1.807, 2.05) is 49.1 Å². The Labute approximate surface area is 209 Å². The van der Waals surface area contributed by atoms with Crippen molar-refractivity contribution in [1.29, 1.82) is 0 Å². The molecule has 0 radical (unpaired) electrons. The summed E-state index contributed by atoms with van der Waals surface area (Å²) in [5.74, 6) is 1.76. The molecule has 5 rings (SSSR count). The lowest BCUT2D eigenvalue weighted by molar-refractivity contribution is -0.123. The van der Waals surface area contributed by atoms with E-state index in [1.165, 1.54) is 0 Å². The van der Waals surface area contributed by atoms with Crippen LogP contribution in [0.1, 0.15) is 27.5 Å². The third-order valence-electron chi connectivity index (χ3n) is 6.72. The fourth-order valence-electron chi connectivity index (χ4n) is 4.91. The average molecular weight is 492 g/mol. The number of aromatic nitrogens is 1. The maximum Gasteiger partial charge on any atom is 0.274 e. The summed E-state index contributed by atoms with van der Waals surface area (Å²) in [6.45, 7) is 4.98. The SMILES string of the molecule is COc1ccccc1OCC(=O)NC[C@@H]1[C@@H]2C[C@@H]2CN1C(=O)c1nc(C)sc1-c1cccc(C)c1. The van der Waals surface area contributed by atoms with E-state index in [9.17, 15) is 9.59 Å². The second kappa shape index (κ2) is 9.70. The van der Waals surface area contributed by atoms with Crippen molar-refractivity contribution in [3.8, 4) is 21.9 Å². The van der Waals surface area contributed by atoms with Crippen LogP contribution >= 0.6 is 11.3 Å². The van der Waals surface area contributed by atoms with Crippen LogP contribution in [0, 0.1) is 25.7 Å². The van der Waals surface area contributed by atoms with Gasteiger partial charge < -0.3 is 19.7 Å². The molecule has 3 aromatic rings. The van der Waals surface area contributed by atoms with Crippen LogP contribution in [0.4, 0.5) is 0 Å². The minimum absolute atomic E-state index is 0.0323. The van der Waals surface area contributed by atoms with Crippen LogP contribution in [0.25, 0.3) is 10.4 Å². The molecule has 0 spiro atoms. The van der Waals surface area contributed by atoms with Crippen molar-refractivity contribution >= 4 is 23.2 Å². The van der Waals surface area contributed by atoms with Crippen molar-refractivity contribution in [2.75, 3.05) is 26.8 Å². The monoisotopic (exact) mass is 491 g/mol. The molecule has 35 heavy (non-hydrogen) atoms. The third kappa shape index (κ3) is 4.89. The molecule has 182 valence electrons. The van der Waals surface area contributed by atoms with E-state index in [-0.39, 0.29) is 24.5 Å². The van der Waals surface area contributed by atoms with E-state index in [2.05, 4.69) is 16.4 Å². The summed E-state index contributed by atoms with van der Waals surface area (Å²) >= 11 is 1.55. The van der Waals surface area contributed by atoms with Gasteiger partial charge in [0.2, 0.25) is 0 Å². The quantitative estimate of drug-likeness (QED) is 0.513. The zero-order chi connectivity index (χ0) is 24.5. The number of methoxy groups -OCH3 is 1. The second-order valence-electron chi connectivity index (χ2n) is 9.21. The Morgan fingerprint density at radius 1 is 1.14 bits per heavy atom. The number of carbonyl (C=O) groups excluding carboxylic acids is 2. The molecule has 2 amide bonds. The van der Waals surface area contributed by atoms with Gasteiger partial charge >= 0.3 is 0 Å². The molecule has 1 aromatic heterocycles. The number of nitrogens with one attached hydrogen (secondary N) is 1. The lowest BCUT2D eigenvalue weighted by Gasteiger charge is -2.27. The predicted octanol–water partition coefficient (Wildman–Crippen LogP) is 4.09. The van der Waals surface area contributed by atoms with Gasteiger partial charge in [-0.2, -0.15) is 0 Å². The molecule has 3 atom stereocenters. The Bertz CT molecular complexity index is 1260. The first kappa shape index (κ1) is 23.4. The highest BCUT2D eigenvalue weighted by molar-refractivity contribution is 7.15. The van der Waals surface area contributed by atoms with E-state index in [4.69, 9.17) is 9.47 Å². The second-order valence-corrected chi connectivity index (χ2v) is 10.4. The number of benzene rings is 2. The van der Waals surface area contributed by atoms with Gasteiger partial charge in [0, 0.05) is 13.1 Å². The highest BCUT2D eigenvalue weighted by Gasteiger charge is 2.54. The van der Waals surface area contributed by atoms with E-state index in [1.54, 1.807) is 30.6 Å². The van der Waals surface area contributed by atoms with Gasteiger partial charge in [0.1, 0.15) is 5.69 Å². The van der Waals surface area contributed by atoms with Gasteiger partial charge in [0.05, 0.1) is 23.0 Å². The highest BCUT2D eigenvalue weighted by atomic mass is 32.1. The Hall–Kier alpha value is -3.39. The number of fused-ring (bicyclic) bond motifs is 1. The summed E-state index contributed by atoms with van der Waals surface area (Å²) in [7, 11) is 1.56. The number of para-hydroxylation sites is 2. The smallest absolute Gasteiger partial charge is 0.274 e. The summed E-state index contributed by atoms with van der Waals surface area (Å²) < 4.78 is 10.9. The molecule has 1 aliphatic carbocycles. The van der Waals surface area contributed by atoms with Crippen LogP contribution < -0.4 is 14.8 Å². The van der Waals surface area contributed by atoms with Gasteiger partial charge in [0.15, 0.2) is 18.1 Å².